The molecular formula is C23H18FN3O5S. The number of rotatable bonds is 6. The molecule has 0 saturated heterocycles. The molecule has 8 nitrogen and oxygen atoms in total. The number of benzene rings is 3. The molecule has 3 amide bonds. The van der Waals surface area contributed by atoms with Gasteiger partial charge in [0.15, 0.2) is 17.1 Å². The van der Waals surface area contributed by atoms with Crippen molar-refractivity contribution in [1.82, 2.24) is 15.0 Å². The average molecular weight is 467 g/mol. The van der Waals surface area contributed by atoms with Gasteiger partial charge in [0.25, 0.3) is 5.91 Å². The molecule has 0 spiro atoms. The van der Waals surface area contributed by atoms with Crippen LogP contribution in [-0.4, -0.2) is 31.1 Å². The Labute approximate surface area is 192 Å². The van der Waals surface area contributed by atoms with Crippen molar-refractivity contribution in [2.45, 2.75) is 4.90 Å². The highest BCUT2D eigenvalue weighted by molar-refractivity contribution is 7.98. The number of hydrogen-bond acceptors (Lipinski definition) is 7. The van der Waals surface area contributed by atoms with Crippen molar-refractivity contribution in [2.24, 2.45) is 0 Å². The fourth-order valence-electron chi connectivity index (χ4n) is 3.00. The molecule has 0 radical (unpaired) electrons. The molecule has 0 fully saturated rings. The summed E-state index contributed by atoms with van der Waals surface area (Å²) in [6.45, 7) is 0. The van der Waals surface area contributed by atoms with Crippen molar-refractivity contribution < 1.29 is 27.9 Å². The first-order valence-corrected chi connectivity index (χ1v) is 10.5. The Bertz CT molecular complexity index is 1340. The summed E-state index contributed by atoms with van der Waals surface area (Å²) in [5.41, 5.74) is 1.47. The highest BCUT2D eigenvalue weighted by Crippen LogP contribution is 2.29. The second kappa shape index (κ2) is 9.61. The van der Waals surface area contributed by atoms with Gasteiger partial charge >= 0.3 is 6.03 Å². The average Bonchev–Trinajstić information content (AvgIpc) is 3.25. The topological polar surface area (TPSA) is 103 Å². The number of ether oxygens (including phenoxy) is 2. The van der Waals surface area contributed by atoms with Crippen LogP contribution in [0.2, 0.25) is 0 Å². The molecule has 33 heavy (non-hydrogen) atoms. The van der Waals surface area contributed by atoms with E-state index < -0.39 is 17.8 Å². The normalized spacial score (nSPS) is 10.6. The zero-order valence-electron chi connectivity index (χ0n) is 17.5. The van der Waals surface area contributed by atoms with Crippen LogP contribution < -0.4 is 19.5 Å². The molecule has 0 aliphatic rings. The minimum atomic E-state index is -0.702. The zero-order chi connectivity index (χ0) is 23.4. The predicted molar refractivity (Wildman–Crippen MR) is 121 cm³/mol. The summed E-state index contributed by atoms with van der Waals surface area (Å²) >= 11 is 0.988. The third-order valence-corrected chi connectivity index (χ3v) is 5.37. The van der Waals surface area contributed by atoms with Crippen molar-refractivity contribution in [3.05, 3.63) is 72.0 Å². The van der Waals surface area contributed by atoms with E-state index in [0.29, 0.717) is 27.5 Å². The van der Waals surface area contributed by atoms with E-state index in [-0.39, 0.29) is 17.0 Å². The molecule has 3 aromatic carbocycles. The van der Waals surface area contributed by atoms with Crippen LogP contribution in [0.15, 0.2) is 70.0 Å². The van der Waals surface area contributed by atoms with E-state index in [4.69, 9.17) is 13.9 Å². The van der Waals surface area contributed by atoms with Crippen LogP contribution in [0.3, 0.4) is 0 Å². The van der Waals surface area contributed by atoms with Crippen molar-refractivity contribution in [1.29, 1.82) is 0 Å². The van der Waals surface area contributed by atoms with Crippen LogP contribution in [-0.2, 0) is 0 Å². The summed E-state index contributed by atoms with van der Waals surface area (Å²) < 4.78 is 32.5. The third kappa shape index (κ3) is 4.90. The molecule has 0 aliphatic heterocycles. The van der Waals surface area contributed by atoms with Gasteiger partial charge in [0.1, 0.15) is 11.3 Å². The number of nitrogens with one attached hydrogen (secondary N) is 2. The molecule has 0 unspecified atom stereocenters. The zero-order valence-corrected chi connectivity index (χ0v) is 18.4. The van der Waals surface area contributed by atoms with Gasteiger partial charge in [0.05, 0.1) is 19.8 Å². The van der Waals surface area contributed by atoms with E-state index in [1.807, 2.05) is 0 Å². The van der Waals surface area contributed by atoms with Crippen LogP contribution in [0.5, 0.6) is 11.5 Å². The molecule has 4 rings (SSSR count). The predicted octanol–water partition coefficient (Wildman–Crippen LogP) is 4.80. The number of fused-ring (bicyclic) bond motifs is 1. The summed E-state index contributed by atoms with van der Waals surface area (Å²) in [6.07, 6.45) is 0. The lowest BCUT2D eigenvalue weighted by molar-refractivity contribution is 0.0965. The molecule has 0 saturated carbocycles. The molecule has 0 bridgehead atoms. The summed E-state index contributed by atoms with van der Waals surface area (Å²) in [7, 11) is 2.94. The van der Waals surface area contributed by atoms with Gasteiger partial charge in [-0.25, -0.2) is 14.2 Å². The Morgan fingerprint density at radius 1 is 1.00 bits per heavy atom. The van der Waals surface area contributed by atoms with Crippen molar-refractivity contribution in [3.63, 3.8) is 0 Å². The van der Waals surface area contributed by atoms with Gasteiger partial charge < -0.3 is 13.9 Å². The van der Waals surface area contributed by atoms with Gasteiger partial charge in [0, 0.05) is 10.5 Å². The molecule has 168 valence electrons. The Balaban J connectivity index is 1.40. The molecule has 0 atom stereocenters. The smallest absolute Gasteiger partial charge is 0.331 e. The van der Waals surface area contributed by atoms with Crippen molar-refractivity contribution >= 4 is 35.0 Å². The molecule has 10 heteroatoms. The maximum atomic E-state index is 14.0. The van der Waals surface area contributed by atoms with E-state index in [1.165, 1.54) is 32.4 Å². The Morgan fingerprint density at radius 2 is 1.79 bits per heavy atom. The van der Waals surface area contributed by atoms with Crippen molar-refractivity contribution in [2.75, 3.05) is 14.2 Å². The number of hydrogen-bond donors (Lipinski definition) is 2. The Kier molecular flexibility index (Phi) is 6.45. The monoisotopic (exact) mass is 467 g/mol. The fourth-order valence-corrected chi connectivity index (χ4v) is 3.57. The standard InChI is InChI=1S/C23H18FN3O5S/c1-30-19-9-7-13(11-20(19)31-2)21(28)26-23(29)27-33-14-8-10-18-17(12-14)25-22(32-18)15-5-3-4-6-16(15)24/h3-12H,1-2H3,(H2,26,27,28,29). The van der Waals surface area contributed by atoms with Crippen LogP contribution in [0.25, 0.3) is 22.6 Å². The number of oxazole rings is 1. The summed E-state index contributed by atoms with van der Waals surface area (Å²) in [6, 6.07) is 15.1. The minimum Gasteiger partial charge on any atom is -0.493 e. The van der Waals surface area contributed by atoms with Gasteiger partial charge in [-0.1, -0.05) is 12.1 Å². The van der Waals surface area contributed by atoms with Crippen LogP contribution in [0.4, 0.5) is 9.18 Å². The lowest BCUT2D eigenvalue weighted by Gasteiger charge is -2.10. The maximum Gasteiger partial charge on any atom is 0.331 e. The maximum absolute atomic E-state index is 14.0. The van der Waals surface area contributed by atoms with E-state index in [1.54, 1.807) is 42.5 Å². The van der Waals surface area contributed by atoms with E-state index >= 15 is 0 Å². The molecular weight excluding hydrogens is 449 g/mol. The molecule has 2 N–H and O–H groups in total. The number of halogens is 1. The highest BCUT2D eigenvalue weighted by atomic mass is 32.2. The first-order valence-electron chi connectivity index (χ1n) is 9.64. The minimum absolute atomic E-state index is 0.163. The molecule has 0 aliphatic carbocycles. The first kappa shape index (κ1) is 22.2. The van der Waals surface area contributed by atoms with E-state index in [9.17, 15) is 14.0 Å². The lowest BCUT2D eigenvalue weighted by Crippen LogP contribution is -2.36. The number of aromatic nitrogens is 1. The van der Waals surface area contributed by atoms with Crippen LogP contribution >= 0.6 is 11.9 Å². The number of urea groups is 1. The van der Waals surface area contributed by atoms with E-state index in [2.05, 4.69) is 15.0 Å². The van der Waals surface area contributed by atoms with Crippen LogP contribution in [0.1, 0.15) is 10.4 Å². The van der Waals surface area contributed by atoms with Crippen LogP contribution in [0, 0.1) is 5.82 Å². The van der Waals surface area contributed by atoms with Crippen molar-refractivity contribution in [3.8, 4) is 23.0 Å². The quantitative estimate of drug-likeness (QED) is 0.393. The highest BCUT2D eigenvalue weighted by Gasteiger charge is 2.15. The number of methoxy groups -OCH3 is 2. The number of carbonyl (C=O) groups is 2. The SMILES string of the molecule is COc1ccc(C(=O)NC(=O)NSc2ccc3oc(-c4ccccc4F)nc3c2)cc1OC. The van der Waals surface area contributed by atoms with E-state index in [0.717, 1.165) is 11.9 Å². The number of carbonyl (C=O) groups excluding carboxylic acids is 2. The molecule has 1 aromatic heterocycles. The van der Waals surface area contributed by atoms with Gasteiger partial charge in [-0.3, -0.25) is 14.8 Å². The second-order valence-corrected chi connectivity index (χ2v) is 7.57. The summed E-state index contributed by atoms with van der Waals surface area (Å²) in [5, 5.41) is 2.24. The second-order valence-electron chi connectivity index (χ2n) is 6.69. The summed E-state index contributed by atoms with van der Waals surface area (Å²) in [5.74, 6) is -0.0331. The first-order chi connectivity index (χ1) is 16.0. The molecule has 4 aromatic rings. The molecule has 1 heterocycles. The number of amides is 3. The fraction of sp³-hybridized carbons (Fsp3) is 0.0870. The largest absolute Gasteiger partial charge is 0.493 e. The van der Waals surface area contributed by atoms with Gasteiger partial charge in [-0.05, 0) is 60.5 Å². The summed E-state index contributed by atoms with van der Waals surface area (Å²) in [4.78, 5) is 29.5. The third-order valence-electron chi connectivity index (χ3n) is 4.60. The van der Waals surface area contributed by atoms with Gasteiger partial charge in [-0.2, -0.15) is 0 Å². The van der Waals surface area contributed by atoms with Gasteiger partial charge in [0.2, 0.25) is 5.89 Å². The van der Waals surface area contributed by atoms with Gasteiger partial charge in [-0.15, -0.1) is 0 Å². The number of nitrogens with zero attached hydrogens (tertiary/aromatic N) is 1. The number of imide groups is 1. The Morgan fingerprint density at radius 3 is 2.55 bits per heavy atom. The Hall–Kier alpha value is -4.05. The lowest BCUT2D eigenvalue weighted by atomic mass is 10.2.